The lowest BCUT2D eigenvalue weighted by Gasteiger charge is -2.28. The minimum absolute atomic E-state index is 0.198. The van der Waals surface area contributed by atoms with E-state index in [-0.39, 0.29) is 11.2 Å². The molecule has 1 aromatic rings. The van der Waals surface area contributed by atoms with Crippen LogP contribution in [0.25, 0.3) is 0 Å². The first kappa shape index (κ1) is 11.5. The molecular formula is C16H18O2. The molecule has 2 aliphatic rings. The van der Waals surface area contributed by atoms with Gasteiger partial charge < -0.3 is 4.74 Å². The Balaban J connectivity index is 1.99. The van der Waals surface area contributed by atoms with E-state index >= 15 is 0 Å². The van der Waals surface area contributed by atoms with Gasteiger partial charge in [0.25, 0.3) is 0 Å². The van der Waals surface area contributed by atoms with Crippen LogP contribution in [0.1, 0.15) is 37.7 Å². The van der Waals surface area contributed by atoms with Crippen LogP contribution in [0.2, 0.25) is 0 Å². The first-order valence-corrected chi connectivity index (χ1v) is 6.76. The molecule has 0 spiro atoms. The molecule has 0 radical (unpaired) electrons. The predicted octanol–water partition coefficient (Wildman–Crippen LogP) is 3.37. The van der Waals surface area contributed by atoms with Gasteiger partial charge in [0.1, 0.15) is 0 Å². The van der Waals surface area contributed by atoms with E-state index in [0.717, 1.165) is 37.7 Å². The summed E-state index contributed by atoms with van der Waals surface area (Å²) in [6, 6.07) is 10.2. The number of hydrogen-bond donors (Lipinski definition) is 0. The molecule has 94 valence electrons. The van der Waals surface area contributed by atoms with Gasteiger partial charge in [-0.1, -0.05) is 43.2 Å². The van der Waals surface area contributed by atoms with Crippen molar-refractivity contribution in [3.8, 4) is 0 Å². The van der Waals surface area contributed by atoms with Crippen molar-refractivity contribution < 1.29 is 9.53 Å². The first-order chi connectivity index (χ1) is 8.83. The number of carbonyl (C=O) groups excluding carboxylic acids is 1. The van der Waals surface area contributed by atoms with Crippen molar-refractivity contribution in [2.24, 2.45) is 0 Å². The molecule has 3 rings (SSSR count). The van der Waals surface area contributed by atoms with E-state index in [9.17, 15) is 4.79 Å². The van der Waals surface area contributed by atoms with Crippen LogP contribution in [0.3, 0.4) is 0 Å². The van der Waals surface area contributed by atoms with Crippen LogP contribution in [-0.2, 0) is 14.9 Å². The molecule has 0 atom stereocenters. The van der Waals surface area contributed by atoms with Gasteiger partial charge in [0, 0.05) is 6.42 Å². The molecule has 1 aliphatic carbocycles. The Bertz CT molecular complexity index is 467. The van der Waals surface area contributed by atoms with Crippen LogP contribution in [0, 0.1) is 0 Å². The number of carbonyl (C=O) groups is 1. The number of rotatable bonds is 3. The topological polar surface area (TPSA) is 26.3 Å². The van der Waals surface area contributed by atoms with E-state index in [0.29, 0.717) is 12.4 Å². The molecule has 0 N–H and O–H groups in total. The number of benzene rings is 1. The Hall–Kier alpha value is -1.57. The van der Waals surface area contributed by atoms with E-state index in [1.165, 1.54) is 0 Å². The largest absolute Gasteiger partial charge is 0.490 e. The van der Waals surface area contributed by atoms with Gasteiger partial charge in [0.05, 0.1) is 12.0 Å². The maximum Gasteiger partial charge on any atom is 0.207 e. The van der Waals surface area contributed by atoms with E-state index < -0.39 is 0 Å². The first-order valence-electron chi connectivity index (χ1n) is 6.76. The number of Topliss-reactive ketones (excluding diaryl/α,β-unsaturated/α-hetero) is 1. The third kappa shape index (κ3) is 1.76. The molecule has 1 aliphatic heterocycles. The standard InChI is InChI=1S/C16H18O2/c17-15(14-9-6-12-18-14)16(10-4-5-11-16)13-7-2-1-3-8-13/h1-3,7-9H,4-6,10-12H2. The van der Waals surface area contributed by atoms with Crippen molar-refractivity contribution in [2.45, 2.75) is 37.5 Å². The van der Waals surface area contributed by atoms with Crippen LogP contribution in [0.4, 0.5) is 0 Å². The van der Waals surface area contributed by atoms with E-state index in [2.05, 4.69) is 12.1 Å². The smallest absolute Gasteiger partial charge is 0.207 e. The fourth-order valence-electron chi connectivity index (χ4n) is 3.19. The molecule has 18 heavy (non-hydrogen) atoms. The van der Waals surface area contributed by atoms with Gasteiger partial charge in [0.15, 0.2) is 5.76 Å². The Morgan fingerprint density at radius 1 is 1.11 bits per heavy atom. The highest BCUT2D eigenvalue weighted by molar-refractivity contribution is 6.02. The highest BCUT2D eigenvalue weighted by atomic mass is 16.5. The maximum atomic E-state index is 12.8. The summed E-state index contributed by atoms with van der Waals surface area (Å²) in [5.74, 6) is 0.796. The number of ketones is 1. The summed E-state index contributed by atoms with van der Waals surface area (Å²) in [6.07, 6.45) is 6.99. The zero-order valence-corrected chi connectivity index (χ0v) is 10.5. The summed E-state index contributed by atoms with van der Waals surface area (Å²) < 4.78 is 5.49. The number of ether oxygens (including phenoxy) is 1. The molecule has 0 amide bonds. The summed E-state index contributed by atoms with van der Waals surface area (Å²) in [6.45, 7) is 0.659. The Labute approximate surface area is 108 Å². The molecule has 2 nitrogen and oxygen atoms in total. The van der Waals surface area contributed by atoms with Gasteiger partial charge in [-0.05, 0) is 24.5 Å². The minimum Gasteiger partial charge on any atom is -0.490 e. The molecule has 0 bridgehead atoms. The second-order valence-corrected chi connectivity index (χ2v) is 5.19. The lowest BCUT2D eigenvalue weighted by Crippen LogP contribution is -2.34. The molecule has 1 aromatic carbocycles. The fourth-order valence-corrected chi connectivity index (χ4v) is 3.19. The SMILES string of the molecule is O=C(C1=CCCO1)C1(c2ccccc2)CCCC1. The van der Waals surface area contributed by atoms with Crippen molar-refractivity contribution in [1.29, 1.82) is 0 Å². The van der Waals surface area contributed by atoms with Crippen LogP contribution >= 0.6 is 0 Å². The van der Waals surface area contributed by atoms with Crippen molar-refractivity contribution in [3.05, 3.63) is 47.7 Å². The van der Waals surface area contributed by atoms with Crippen molar-refractivity contribution in [2.75, 3.05) is 6.61 Å². The third-order valence-corrected chi connectivity index (χ3v) is 4.15. The second-order valence-electron chi connectivity index (χ2n) is 5.19. The van der Waals surface area contributed by atoms with Gasteiger partial charge >= 0.3 is 0 Å². The van der Waals surface area contributed by atoms with E-state index in [4.69, 9.17) is 4.74 Å². The van der Waals surface area contributed by atoms with Crippen molar-refractivity contribution >= 4 is 5.78 Å². The van der Waals surface area contributed by atoms with Gasteiger partial charge in [0.2, 0.25) is 5.78 Å². The summed E-state index contributed by atoms with van der Waals surface area (Å²) in [7, 11) is 0. The summed E-state index contributed by atoms with van der Waals surface area (Å²) in [5.41, 5.74) is 0.834. The molecule has 0 unspecified atom stereocenters. The van der Waals surface area contributed by atoms with Crippen LogP contribution in [0.5, 0.6) is 0 Å². The summed E-state index contributed by atoms with van der Waals surface area (Å²) in [5, 5.41) is 0. The zero-order chi connectivity index (χ0) is 12.4. The Morgan fingerprint density at radius 2 is 1.83 bits per heavy atom. The molecule has 2 heteroatoms. The predicted molar refractivity (Wildman–Crippen MR) is 70.2 cm³/mol. The Morgan fingerprint density at radius 3 is 2.44 bits per heavy atom. The monoisotopic (exact) mass is 242 g/mol. The lowest BCUT2D eigenvalue weighted by atomic mass is 9.74. The number of hydrogen-bond acceptors (Lipinski definition) is 2. The second kappa shape index (κ2) is 4.60. The van der Waals surface area contributed by atoms with Crippen molar-refractivity contribution in [1.82, 2.24) is 0 Å². The summed E-state index contributed by atoms with van der Waals surface area (Å²) in [4.78, 5) is 12.8. The molecule has 0 saturated heterocycles. The third-order valence-electron chi connectivity index (χ3n) is 4.15. The zero-order valence-electron chi connectivity index (χ0n) is 10.5. The molecule has 0 aromatic heterocycles. The average Bonchev–Trinajstić information content (AvgIpc) is 3.11. The molecular weight excluding hydrogens is 224 g/mol. The van der Waals surface area contributed by atoms with Crippen molar-refractivity contribution in [3.63, 3.8) is 0 Å². The average molecular weight is 242 g/mol. The normalized spacial score (nSPS) is 21.4. The quantitative estimate of drug-likeness (QED) is 0.812. The lowest BCUT2D eigenvalue weighted by molar-refractivity contribution is -0.123. The molecule has 1 saturated carbocycles. The van der Waals surface area contributed by atoms with Gasteiger partial charge in [-0.25, -0.2) is 0 Å². The van der Waals surface area contributed by atoms with Gasteiger partial charge in [-0.2, -0.15) is 0 Å². The van der Waals surface area contributed by atoms with Gasteiger partial charge in [-0.15, -0.1) is 0 Å². The number of allylic oxidation sites excluding steroid dienone is 1. The van der Waals surface area contributed by atoms with Crippen LogP contribution in [-0.4, -0.2) is 12.4 Å². The van der Waals surface area contributed by atoms with E-state index in [1.807, 2.05) is 24.3 Å². The molecule has 1 fully saturated rings. The maximum absolute atomic E-state index is 12.8. The highest BCUT2D eigenvalue weighted by Gasteiger charge is 2.44. The van der Waals surface area contributed by atoms with Crippen LogP contribution < -0.4 is 0 Å². The molecule has 1 heterocycles. The summed E-state index contributed by atoms with van der Waals surface area (Å²) >= 11 is 0. The van der Waals surface area contributed by atoms with E-state index in [1.54, 1.807) is 0 Å². The van der Waals surface area contributed by atoms with Gasteiger partial charge in [-0.3, -0.25) is 4.79 Å². The highest BCUT2D eigenvalue weighted by Crippen LogP contribution is 2.43. The fraction of sp³-hybridized carbons (Fsp3) is 0.438. The van der Waals surface area contributed by atoms with Crippen LogP contribution in [0.15, 0.2) is 42.2 Å². The Kier molecular flexibility index (Phi) is 2.94. The minimum atomic E-state index is -0.322.